The second-order valence-electron chi connectivity index (χ2n) is 7.42. The number of ether oxygens (including phenoxy) is 1. The second-order valence-corrected chi connectivity index (χ2v) is 9.62. The first-order valence-corrected chi connectivity index (χ1v) is 12.5. The fourth-order valence-electron chi connectivity index (χ4n) is 2.97. The Bertz CT molecular complexity index is 1320. The number of alkyl halides is 3. The zero-order valence-electron chi connectivity index (χ0n) is 18.8. The molecule has 0 aliphatic carbocycles. The fraction of sp³-hybridized carbons (Fsp3) is 0.217. The van der Waals surface area contributed by atoms with Gasteiger partial charge in [0.2, 0.25) is 5.13 Å². The van der Waals surface area contributed by atoms with Crippen LogP contribution in [0, 0.1) is 5.82 Å². The molecule has 1 N–H and O–H groups in total. The van der Waals surface area contributed by atoms with E-state index >= 15 is 0 Å². The summed E-state index contributed by atoms with van der Waals surface area (Å²) < 4.78 is 59.0. The van der Waals surface area contributed by atoms with Crippen molar-refractivity contribution in [3.63, 3.8) is 0 Å². The van der Waals surface area contributed by atoms with Gasteiger partial charge in [0.15, 0.2) is 15.8 Å². The summed E-state index contributed by atoms with van der Waals surface area (Å²) >= 11 is 2.41. The van der Waals surface area contributed by atoms with Gasteiger partial charge < -0.3 is 4.74 Å². The molecule has 4 aromatic rings. The molecule has 0 spiro atoms. The normalized spacial score (nSPS) is 11.5. The van der Waals surface area contributed by atoms with Gasteiger partial charge >= 0.3 is 6.18 Å². The van der Waals surface area contributed by atoms with Gasteiger partial charge in [0, 0.05) is 5.75 Å². The van der Waals surface area contributed by atoms with Crippen LogP contribution in [0.3, 0.4) is 0 Å². The van der Waals surface area contributed by atoms with Crippen LogP contribution in [0.5, 0.6) is 5.75 Å². The SMILES string of the molecule is CCCOc1cn(-c2ccc(F)cc2)nc1C(=O)Nc1nnc(SCc2ccc(C(F)(F)F)cc2)s1. The van der Waals surface area contributed by atoms with Crippen LogP contribution in [-0.2, 0) is 11.9 Å². The minimum atomic E-state index is -4.38. The standard InChI is InChI=1S/C23H19F4N5O2S2/c1-2-11-34-18-12-32(17-9-7-16(24)8-10-17)31-19(18)20(33)28-21-29-30-22(36-21)35-13-14-3-5-15(6-4-14)23(25,26)27/h3-10,12H,2,11,13H2,1H3,(H,28,29,33). The van der Waals surface area contributed by atoms with E-state index in [1.165, 1.54) is 52.8 Å². The number of thioether (sulfide) groups is 1. The lowest BCUT2D eigenvalue weighted by atomic mass is 10.1. The molecule has 0 unspecified atom stereocenters. The maximum Gasteiger partial charge on any atom is 0.416 e. The quantitative estimate of drug-likeness (QED) is 0.155. The Morgan fingerprint density at radius 1 is 1.11 bits per heavy atom. The van der Waals surface area contributed by atoms with Crippen molar-refractivity contribution in [1.29, 1.82) is 0 Å². The Hall–Kier alpha value is -3.45. The lowest BCUT2D eigenvalue weighted by Gasteiger charge is -2.06. The highest BCUT2D eigenvalue weighted by Crippen LogP contribution is 2.32. The summed E-state index contributed by atoms with van der Waals surface area (Å²) in [6, 6.07) is 10.5. The number of rotatable bonds is 9. The number of nitrogens with one attached hydrogen (secondary N) is 1. The molecule has 0 aliphatic heterocycles. The van der Waals surface area contributed by atoms with E-state index in [0.717, 1.165) is 29.9 Å². The lowest BCUT2D eigenvalue weighted by Crippen LogP contribution is -2.14. The van der Waals surface area contributed by atoms with Crippen molar-refractivity contribution in [3.05, 3.63) is 77.4 Å². The first-order chi connectivity index (χ1) is 17.2. The van der Waals surface area contributed by atoms with Crippen molar-refractivity contribution < 1.29 is 27.1 Å². The summed E-state index contributed by atoms with van der Waals surface area (Å²) in [6.45, 7) is 2.30. The number of aromatic nitrogens is 4. The second kappa shape index (κ2) is 11.1. The molecule has 0 fully saturated rings. The zero-order valence-corrected chi connectivity index (χ0v) is 20.4. The van der Waals surface area contributed by atoms with Crippen LogP contribution in [0.25, 0.3) is 5.69 Å². The predicted octanol–water partition coefficient (Wildman–Crippen LogP) is 6.22. The Balaban J connectivity index is 1.42. The summed E-state index contributed by atoms with van der Waals surface area (Å²) in [5, 5.41) is 15.1. The van der Waals surface area contributed by atoms with E-state index in [-0.39, 0.29) is 16.6 Å². The number of amides is 1. The Morgan fingerprint density at radius 3 is 2.50 bits per heavy atom. The summed E-state index contributed by atoms with van der Waals surface area (Å²) in [6.07, 6.45) is -2.11. The third-order valence-electron chi connectivity index (χ3n) is 4.72. The molecule has 0 bridgehead atoms. The van der Waals surface area contributed by atoms with E-state index in [1.807, 2.05) is 6.92 Å². The molecule has 2 heterocycles. The van der Waals surface area contributed by atoms with Crippen LogP contribution in [0.1, 0.15) is 35.0 Å². The van der Waals surface area contributed by atoms with Crippen molar-refractivity contribution in [1.82, 2.24) is 20.0 Å². The van der Waals surface area contributed by atoms with Gasteiger partial charge in [-0.25, -0.2) is 9.07 Å². The largest absolute Gasteiger partial charge is 0.489 e. The van der Waals surface area contributed by atoms with Crippen LogP contribution in [0.15, 0.2) is 59.1 Å². The Kier molecular flexibility index (Phi) is 7.89. The minimum absolute atomic E-state index is 0.0296. The first kappa shape index (κ1) is 25.6. The fourth-order valence-corrected chi connectivity index (χ4v) is 4.67. The molecule has 2 aromatic heterocycles. The van der Waals surface area contributed by atoms with E-state index in [4.69, 9.17) is 4.74 Å². The molecule has 0 saturated heterocycles. The van der Waals surface area contributed by atoms with Gasteiger partial charge in [-0.2, -0.15) is 18.3 Å². The van der Waals surface area contributed by atoms with Gasteiger partial charge in [0.05, 0.1) is 24.1 Å². The molecule has 2 aromatic carbocycles. The maximum absolute atomic E-state index is 13.3. The first-order valence-electron chi connectivity index (χ1n) is 10.6. The van der Waals surface area contributed by atoms with Gasteiger partial charge in [-0.1, -0.05) is 42.2 Å². The van der Waals surface area contributed by atoms with Crippen LogP contribution in [0.4, 0.5) is 22.7 Å². The van der Waals surface area contributed by atoms with Crippen molar-refractivity contribution in [3.8, 4) is 11.4 Å². The number of halogens is 4. The highest BCUT2D eigenvalue weighted by Gasteiger charge is 2.30. The van der Waals surface area contributed by atoms with Gasteiger partial charge in [-0.05, 0) is 48.4 Å². The highest BCUT2D eigenvalue weighted by atomic mass is 32.2. The molecule has 0 aliphatic rings. The summed E-state index contributed by atoms with van der Waals surface area (Å²) in [5.41, 5.74) is 0.566. The van der Waals surface area contributed by atoms with E-state index in [0.29, 0.717) is 28.0 Å². The maximum atomic E-state index is 13.3. The van der Waals surface area contributed by atoms with E-state index < -0.39 is 23.5 Å². The molecule has 1 amide bonds. The molecule has 0 radical (unpaired) electrons. The smallest absolute Gasteiger partial charge is 0.416 e. The van der Waals surface area contributed by atoms with Crippen molar-refractivity contribution in [2.45, 2.75) is 29.6 Å². The van der Waals surface area contributed by atoms with E-state index in [2.05, 4.69) is 20.6 Å². The van der Waals surface area contributed by atoms with Gasteiger partial charge in [0.1, 0.15) is 5.82 Å². The van der Waals surface area contributed by atoms with Gasteiger partial charge in [-0.3, -0.25) is 10.1 Å². The Morgan fingerprint density at radius 2 is 1.83 bits per heavy atom. The molecule has 7 nitrogen and oxygen atoms in total. The minimum Gasteiger partial charge on any atom is -0.489 e. The molecular formula is C23H19F4N5O2S2. The topological polar surface area (TPSA) is 81.9 Å². The average Bonchev–Trinajstić information content (AvgIpc) is 3.48. The molecule has 0 saturated carbocycles. The van der Waals surface area contributed by atoms with Crippen LogP contribution >= 0.6 is 23.1 Å². The molecule has 13 heteroatoms. The highest BCUT2D eigenvalue weighted by molar-refractivity contribution is 8.00. The predicted molar refractivity (Wildman–Crippen MR) is 128 cm³/mol. The van der Waals surface area contributed by atoms with Crippen LogP contribution in [-0.4, -0.2) is 32.5 Å². The number of benzene rings is 2. The summed E-state index contributed by atoms with van der Waals surface area (Å²) in [4.78, 5) is 12.9. The number of hydrogen-bond donors (Lipinski definition) is 1. The summed E-state index contributed by atoms with van der Waals surface area (Å²) in [5.74, 6) is -0.301. The van der Waals surface area contributed by atoms with Crippen molar-refractivity contribution in [2.24, 2.45) is 0 Å². The number of hydrogen-bond acceptors (Lipinski definition) is 7. The van der Waals surface area contributed by atoms with Gasteiger partial charge in [-0.15, -0.1) is 10.2 Å². The number of carbonyl (C=O) groups is 1. The lowest BCUT2D eigenvalue weighted by molar-refractivity contribution is -0.137. The third kappa shape index (κ3) is 6.40. The monoisotopic (exact) mass is 537 g/mol. The zero-order chi connectivity index (χ0) is 25.7. The molecule has 36 heavy (non-hydrogen) atoms. The number of anilines is 1. The van der Waals surface area contributed by atoms with E-state index in [1.54, 1.807) is 6.20 Å². The number of carbonyl (C=O) groups excluding carboxylic acids is 1. The molecule has 188 valence electrons. The molecule has 0 atom stereocenters. The summed E-state index contributed by atoms with van der Waals surface area (Å²) in [7, 11) is 0. The van der Waals surface area contributed by atoms with Gasteiger partial charge in [0.25, 0.3) is 5.91 Å². The van der Waals surface area contributed by atoms with Crippen LogP contribution in [0.2, 0.25) is 0 Å². The molecule has 4 rings (SSSR count). The van der Waals surface area contributed by atoms with E-state index in [9.17, 15) is 22.4 Å². The number of nitrogens with zero attached hydrogens (tertiary/aromatic N) is 4. The molecular weight excluding hydrogens is 518 g/mol. The van der Waals surface area contributed by atoms with Crippen molar-refractivity contribution in [2.75, 3.05) is 11.9 Å². The average molecular weight is 538 g/mol. The van der Waals surface area contributed by atoms with Crippen LogP contribution < -0.4 is 10.1 Å². The van der Waals surface area contributed by atoms with Crippen molar-refractivity contribution >= 4 is 34.1 Å². The third-order valence-corrected chi connectivity index (χ3v) is 6.76. The Labute approximate surface area is 211 Å².